The summed E-state index contributed by atoms with van der Waals surface area (Å²) in [6.07, 6.45) is 1.72. The second-order valence-corrected chi connectivity index (χ2v) is 4.54. The Morgan fingerprint density at radius 3 is 2.50 bits per heavy atom. The van der Waals surface area contributed by atoms with Crippen LogP contribution in [0, 0.1) is 5.41 Å². The summed E-state index contributed by atoms with van der Waals surface area (Å²) in [5.41, 5.74) is 4.97. The van der Waals surface area contributed by atoms with Gasteiger partial charge >= 0.3 is 0 Å². The molecule has 0 atom stereocenters. The van der Waals surface area contributed by atoms with Crippen LogP contribution in [0.25, 0.3) is 0 Å². The highest BCUT2D eigenvalue weighted by molar-refractivity contribution is 9.10. The SMILES string of the molecule is CC(CO)(CO)Cn1cc(Br)c(N)n1. The van der Waals surface area contributed by atoms with Crippen molar-refractivity contribution in [2.75, 3.05) is 18.9 Å². The average molecular weight is 264 g/mol. The molecule has 0 amide bonds. The van der Waals surface area contributed by atoms with E-state index in [0.717, 1.165) is 4.47 Å². The van der Waals surface area contributed by atoms with Gasteiger partial charge in [-0.1, -0.05) is 6.92 Å². The van der Waals surface area contributed by atoms with E-state index in [1.54, 1.807) is 17.8 Å². The van der Waals surface area contributed by atoms with Crippen molar-refractivity contribution in [2.45, 2.75) is 13.5 Å². The molecule has 1 rings (SSSR count). The van der Waals surface area contributed by atoms with E-state index >= 15 is 0 Å². The van der Waals surface area contributed by atoms with Crippen molar-refractivity contribution in [3.63, 3.8) is 0 Å². The Morgan fingerprint density at radius 1 is 1.57 bits per heavy atom. The van der Waals surface area contributed by atoms with Crippen LogP contribution in [0.1, 0.15) is 6.92 Å². The van der Waals surface area contributed by atoms with Crippen LogP contribution >= 0.6 is 15.9 Å². The summed E-state index contributed by atoms with van der Waals surface area (Å²) in [5.74, 6) is 0.406. The third-order valence-electron chi connectivity index (χ3n) is 2.05. The Kier molecular flexibility index (Phi) is 3.52. The monoisotopic (exact) mass is 263 g/mol. The summed E-state index contributed by atoms with van der Waals surface area (Å²) < 4.78 is 2.32. The molecule has 0 bridgehead atoms. The number of nitrogen functional groups attached to an aromatic ring is 1. The summed E-state index contributed by atoms with van der Waals surface area (Å²) in [7, 11) is 0. The first-order chi connectivity index (χ1) is 6.50. The van der Waals surface area contributed by atoms with Crippen LogP contribution in [0.3, 0.4) is 0 Å². The molecule has 0 aliphatic heterocycles. The molecule has 14 heavy (non-hydrogen) atoms. The number of aliphatic hydroxyl groups is 2. The van der Waals surface area contributed by atoms with Gasteiger partial charge in [0.1, 0.15) is 0 Å². The number of nitrogens with two attached hydrogens (primary N) is 1. The summed E-state index contributed by atoms with van der Waals surface area (Å²) in [6, 6.07) is 0. The van der Waals surface area contributed by atoms with Crippen LogP contribution < -0.4 is 5.73 Å². The minimum atomic E-state index is -0.572. The maximum Gasteiger partial charge on any atom is 0.159 e. The predicted molar refractivity (Wildman–Crippen MR) is 56.6 cm³/mol. The molecule has 0 fully saturated rings. The Bertz CT molecular complexity index is 290. The van der Waals surface area contributed by atoms with Crippen molar-refractivity contribution in [1.82, 2.24) is 9.78 Å². The van der Waals surface area contributed by atoms with E-state index in [0.29, 0.717) is 12.4 Å². The zero-order valence-electron chi connectivity index (χ0n) is 7.94. The number of hydrogen-bond donors (Lipinski definition) is 3. The van der Waals surface area contributed by atoms with Crippen LogP contribution in [0.4, 0.5) is 5.82 Å². The molecule has 1 aromatic heterocycles. The molecule has 1 aromatic rings. The third-order valence-corrected chi connectivity index (χ3v) is 2.66. The highest BCUT2D eigenvalue weighted by Crippen LogP contribution is 2.21. The highest BCUT2D eigenvalue weighted by Gasteiger charge is 2.23. The number of nitrogens with zero attached hydrogens (tertiary/aromatic N) is 2. The average Bonchev–Trinajstić information content (AvgIpc) is 2.45. The van der Waals surface area contributed by atoms with E-state index < -0.39 is 5.41 Å². The van der Waals surface area contributed by atoms with Gasteiger partial charge in [-0.05, 0) is 15.9 Å². The molecule has 0 unspecified atom stereocenters. The molecule has 80 valence electrons. The van der Waals surface area contributed by atoms with Gasteiger partial charge in [-0.2, -0.15) is 5.10 Å². The predicted octanol–water partition coefficient (Wildman–Crippen LogP) is 0.219. The second-order valence-electron chi connectivity index (χ2n) is 3.69. The number of aliphatic hydroxyl groups excluding tert-OH is 2. The van der Waals surface area contributed by atoms with E-state index in [2.05, 4.69) is 21.0 Å². The van der Waals surface area contributed by atoms with Gasteiger partial charge in [-0.3, -0.25) is 4.68 Å². The number of halogens is 1. The first-order valence-electron chi connectivity index (χ1n) is 4.21. The lowest BCUT2D eigenvalue weighted by Gasteiger charge is -2.23. The Morgan fingerprint density at radius 2 is 2.14 bits per heavy atom. The van der Waals surface area contributed by atoms with E-state index in [-0.39, 0.29) is 13.2 Å². The minimum Gasteiger partial charge on any atom is -0.396 e. The lowest BCUT2D eigenvalue weighted by Crippen LogP contribution is -2.31. The lowest BCUT2D eigenvalue weighted by molar-refractivity contribution is 0.0525. The Balaban J connectivity index is 2.77. The molecule has 6 heteroatoms. The van der Waals surface area contributed by atoms with E-state index in [1.165, 1.54) is 0 Å². The number of anilines is 1. The van der Waals surface area contributed by atoms with Crippen LogP contribution in [0.15, 0.2) is 10.7 Å². The Hall–Kier alpha value is -0.590. The number of hydrogen-bond acceptors (Lipinski definition) is 4. The van der Waals surface area contributed by atoms with Gasteiger partial charge in [-0.25, -0.2) is 0 Å². The van der Waals surface area contributed by atoms with Crippen molar-refractivity contribution in [1.29, 1.82) is 0 Å². The lowest BCUT2D eigenvalue weighted by atomic mass is 9.93. The molecule has 0 saturated heterocycles. The molecule has 0 radical (unpaired) electrons. The first-order valence-corrected chi connectivity index (χ1v) is 5.00. The van der Waals surface area contributed by atoms with Crippen molar-refractivity contribution in [2.24, 2.45) is 5.41 Å². The van der Waals surface area contributed by atoms with Gasteiger partial charge in [0.2, 0.25) is 0 Å². The molecule has 0 aliphatic rings. The second kappa shape index (κ2) is 4.29. The molecule has 0 saturated carbocycles. The topological polar surface area (TPSA) is 84.3 Å². The maximum atomic E-state index is 9.08. The summed E-state index contributed by atoms with van der Waals surface area (Å²) in [5, 5.41) is 22.2. The quantitative estimate of drug-likeness (QED) is 0.726. The van der Waals surface area contributed by atoms with Gasteiger partial charge in [0, 0.05) is 11.6 Å². The smallest absolute Gasteiger partial charge is 0.159 e. The number of rotatable bonds is 4. The van der Waals surface area contributed by atoms with Crippen molar-refractivity contribution in [3.8, 4) is 0 Å². The van der Waals surface area contributed by atoms with Crippen LogP contribution in [0.5, 0.6) is 0 Å². The molecule has 0 aliphatic carbocycles. The molecule has 1 heterocycles. The van der Waals surface area contributed by atoms with Crippen molar-refractivity contribution in [3.05, 3.63) is 10.7 Å². The van der Waals surface area contributed by atoms with E-state index in [4.69, 9.17) is 15.9 Å². The molecule has 0 spiro atoms. The molecule has 5 nitrogen and oxygen atoms in total. The summed E-state index contributed by atoms with van der Waals surface area (Å²) >= 11 is 3.23. The fraction of sp³-hybridized carbons (Fsp3) is 0.625. The number of aromatic nitrogens is 2. The van der Waals surface area contributed by atoms with Gasteiger partial charge in [0.05, 0.1) is 24.2 Å². The normalized spacial score (nSPS) is 12.0. The van der Waals surface area contributed by atoms with Crippen molar-refractivity contribution < 1.29 is 10.2 Å². The zero-order chi connectivity index (χ0) is 10.8. The minimum absolute atomic E-state index is 0.0963. The fourth-order valence-electron chi connectivity index (χ4n) is 1.03. The van der Waals surface area contributed by atoms with Crippen molar-refractivity contribution >= 4 is 21.7 Å². The largest absolute Gasteiger partial charge is 0.396 e. The molecule has 4 N–H and O–H groups in total. The van der Waals surface area contributed by atoms with Crippen LogP contribution in [-0.4, -0.2) is 33.2 Å². The first kappa shape index (κ1) is 11.5. The van der Waals surface area contributed by atoms with Gasteiger partial charge < -0.3 is 15.9 Å². The van der Waals surface area contributed by atoms with E-state index in [1.807, 2.05) is 0 Å². The fourth-order valence-corrected chi connectivity index (χ4v) is 1.35. The molecular formula is C8H14BrN3O2. The molecular weight excluding hydrogens is 250 g/mol. The highest BCUT2D eigenvalue weighted by atomic mass is 79.9. The van der Waals surface area contributed by atoms with E-state index in [9.17, 15) is 0 Å². The summed E-state index contributed by atoms with van der Waals surface area (Å²) in [6.45, 7) is 2.01. The maximum absolute atomic E-state index is 9.08. The molecule has 0 aromatic carbocycles. The van der Waals surface area contributed by atoms with Gasteiger partial charge in [-0.15, -0.1) is 0 Å². The standard InChI is InChI=1S/C8H14BrN3O2/c1-8(4-13,5-14)3-12-2-6(9)7(10)11-12/h2,13-14H,3-5H2,1H3,(H2,10,11). The summed E-state index contributed by atoms with van der Waals surface area (Å²) in [4.78, 5) is 0. The Labute approximate surface area is 90.7 Å². The third kappa shape index (κ3) is 2.46. The van der Waals surface area contributed by atoms with Crippen LogP contribution in [0.2, 0.25) is 0 Å². The van der Waals surface area contributed by atoms with Crippen LogP contribution in [-0.2, 0) is 6.54 Å². The van der Waals surface area contributed by atoms with Gasteiger partial charge in [0.15, 0.2) is 5.82 Å². The zero-order valence-corrected chi connectivity index (χ0v) is 9.53. The van der Waals surface area contributed by atoms with Gasteiger partial charge in [0.25, 0.3) is 0 Å².